The zero-order chi connectivity index (χ0) is 23.0. The summed E-state index contributed by atoms with van der Waals surface area (Å²) in [5, 5.41) is 15.4. The van der Waals surface area contributed by atoms with E-state index in [1.807, 2.05) is 6.92 Å². The lowest BCUT2D eigenvalue weighted by Gasteiger charge is -2.32. The summed E-state index contributed by atoms with van der Waals surface area (Å²) in [6.45, 7) is 6.58. The molecule has 0 aliphatic heterocycles. The van der Waals surface area contributed by atoms with E-state index in [1.54, 1.807) is 6.92 Å². The maximum absolute atomic E-state index is 13.9. The summed E-state index contributed by atoms with van der Waals surface area (Å²) in [5.74, 6) is 0.0842. The number of hydrogen-bond acceptors (Lipinski definition) is 6. The fourth-order valence-electron chi connectivity index (χ4n) is 3.36. The van der Waals surface area contributed by atoms with Gasteiger partial charge in [0, 0.05) is 24.3 Å². The Morgan fingerprint density at radius 2 is 2.03 bits per heavy atom. The van der Waals surface area contributed by atoms with Gasteiger partial charge in [-0.25, -0.2) is 9.97 Å². The molecule has 0 aromatic carbocycles. The zero-order valence-electron chi connectivity index (χ0n) is 17.9. The van der Waals surface area contributed by atoms with E-state index in [0.717, 1.165) is 36.7 Å². The molecule has 1 atom stereocenters. The van der Waals surface area contributed by atoms with Crippen LogP contribution in [0.2, 0.25) is 0 Å². The number of alkyl halides is 3. The van der Waals surface area contributed by atoms with Crippen molar-refractivity contribution < 1.29 is 23.1 Å². The fraction of sp³-hybridized carbons (Fsp3) is 0.571. The number of carbonyl (C=O) groups excluding carboxylic acids is 1. The van der Waals surface area contributed by atoms with Gasteiger partial charge in [-0.05, 0) is 52.5 Å². The van der Waals surface area contributed by atoms with Crippen molar-refractivity contribution in [2.24, 2.45) is 5.92 Å². The second-order valence-corrected chi connectivity index (χ2v) is 9.66. The first-order valence-corrected chi connectivity index (χ1v) is 11.0. The molecule has 2 aromatic rings. The minimum Gasteiger partial charge on any atom is -0.389 e. The molecule has 1 saturated carbocycles. The minimum atomic E-state index is -4.59. The Balaban J connectivity index is 1.89. The molecular weight excluding hydrogens is 429 g/mol. The van der Waals surface area contributed by atoms with Gasteiger partial charge in [0.25, 0.3) is 5.91 Å². The predicted molar refractivity (Wildman–Crippen MR) is 114 cm³/mol. The quantitative estimate of drug-likeness (QED) is 0.565. The number of aliphatic hydroxyl groups is 1. The van der Waals surface area contributed by atoms with Crippen LogP contribution in [0.4, 0.5) is 19.0 Å². The highest BCUT2D eigenvalue weighted by molar-refractivity contribution is 7.17. The van der Waals surface area contributed by atoms with Crippen molar-refractivity contribution in [3.8, 4) is 10.4 Å². The molecule has 2 aromatic heterocycles. The lowest BCUT2D eigenvalue weighted by atomic mass is 9.80. The molecule has 0 radical (unpaired) electrons. The number of nitrogens with zero attached hydrogens (tertiary/aromatic N) is 2. The number of halogens is 3. The third kappa shape index (κ3) is 5.74. The first-order valence-electron chi connectivity index (χ1n) is 10.2. The number of aromatic nitrogens is 2. The zero-order valence-corrected chi connectivity index (χ0v) is 18.7. The predicted octanol–water partition coefficient (Wildman–Crippen LogP) is 4.63. The number of rotatable bonds is 7. The Morgan fingerprint density at radius 1 is 1.35 bits per heavy atom. The third-order valence-corrected chi connectivity index (χ3v) is 6.55. The molecular formula is C21H27F3N4O2S. The van der Waals surface area contributed by atoms with E-state index in [0.29, 0.717) is 11.6 Å². The van der Waals surface area contributed by atoms with Crippen molar-refractivity contribution >= 4 is 23.1 Å². The number of hydrogen-bond donors (Lipinski definition) is 3. The van der Waals surface area contributed by atoms with Crippen molar-refractivity contribution in [1.29, 1.82) is 0 Å². The molecule has 3 rings (SSSR count). The van der Waals surface area contributed by atoms with Crippen LogP contribution in [-0.4, -0.2) is 39.2 Å². The largest absolute Gasteiger partial charge is 0.417 e. The summed E-state index contributed by atoms with van der Waals surface area (Å²) in [6, 6.07) is 1.07. The summed E-state index contributed by atoms with van der Waals surface area (Å²) in [6.07, 6.45) is -0.118. The van der Waals surface area contributed by atoms with E-state index < -0.39 is 23.2 Å². The van der Waals surface area contributed by atoms with E-state index in [4.69, 9.17) is 0 Å². The molecule has 1 aliphatic carbocycles. The van der Waals surface area contributed by atoms with Gasteiger partial charge >= 0.3 is 6.18 Å². The van der Waals surface area contributed by atoms with Gasteiger partial charge in [-0.1, -0.05) is 6.42 Å². The van der Waals surface area contributed by atoms with E-state index in [-0.39, 0.29) is 33.9 Å². The summed E-state index contributed by atoms with van der Waals surface area (Å²) in [7, 11) is 0. The van der Waals surface area contributed by atoms with Gasteiger partial charge in [-0.15, -0.1) is 11.3 Å². The molecule has 1 amide bonds. The number of amides is 1. The average molecular weight is 457 g/mol. The molecule has 0 saturated heterocycles. The second-order valence-electron chi connectivity index (χ2n) is 8.67. The van der Waals surface area contributed by atoms with Crippen molar-refractivity contribution in [2.45, 2.75) is 64.8 Å². The maximum Gasteiger partial charge on any atom is 0.417 e. The molecule has 1 fully saturated rings. The number of carbonyl (C=O) groups is 1. The molecule has 6 nitrogen and oxygen atoms in total. The van der Waals surface area contributed by atoms with Crippen molar-refractivity contribution in [3.05, 3.63) is 28.5 Å². The van der Waals surface area contributed by atoms with Crippen LogP contribution < -0.4 is 10.6 Å². The van der Waals surface area contributed by atoms with Gasteiger partial charge in [-0.2, -0.15) is 13.2 Å². The minimum absolute atomic E-state index is 0.00526. The second kappa shape index (κ2) is 8.74. The van der Waals surface area contributed by atoms with Crippen LogP contribution in [0.15, 0.2) is 12.3 Å². The standard InChI is InChI=1S/C21H27F3N4O2S/c1-11(13-6-5-7-13)27-16-8-15(21(22,23)24)14(9-25-16)17-12(2)28-19(31-17)18(29)26-10-20(3,4)30/h8-9,11,13,30H,5-7,10H2,1-4H3,(H,25,27)(H,26,29). The molecule has 0 bridgehead atoms. The van der Waals surface area contributed by atoms with Gasteiger partial charge < -0.3 is 15.7 Å². The Kier molecular flexibility index (Phi) is 6.61. The van der Waals surface area contributed by atoms with Gasteiger partial charge in [-0.3, -0.25) is 4.79 Å². The summed E-state index contributed by atoms with van der Waals surface area (Å²) < 4.78 is 41.6. The van der Waals surface area contributed by atoms with Gasteiger partial charge in [0.05, 0.1) is 21.7 Å². The van der Waals surface area contributed by atoms with Crippen LogP contribution in [0.25, 0.3) is 10.4 Å². The van der Waals surface area contributed by atoms with E-state index >= 15 is 0 Å². The van der Waals surface area contributed by atoms with Gasteiger partial charge in [0.1, 0.15) is 5.82 Å². The molecule has 2 heterocycles. The number of aryl methyl sites for hydroxylation is 1. The number of nitrogens with one attached hydrogen (secondary N) is 2. The highest BCUT2D eigenvalue weighted by Crippen LogP contribution is 2.41. The van der Waals surface area contributed by atoms with Gasteiger partial charge in [0.2, 0.25) is 0 Å². The molecule has 3 N–H and O–H groups in total. The summed E-state index contributed by atoms with van der Waals surface area (Å²) in [4.78, 5) is 20.9. The van der Waals surface area contributed by atoms with Gasteiger partial charge in [0.15, 0.2) is 5.01 Å². The summed E-state index contributed by atoms with van der Waals surface area (Å²) in [5.41, 5.74) is -1.72. The first-order chi connectivity index (χ1) is 14.3. The monoisotopic (exact) mass is 456 g/mol. The fourth-order valence-corrected chi connectivity index (χ4v) is 4.36. The van der Waals surface area contributed by atoms with Crippen molar-refractivity contribution in [3.63, 3.8) is 0 Å². The average Bonchev–Trinajstić information content (AvgIpc) is 2.98. The number of anilines is 1. The molecule has 1 unspecified atom stereocenters. The number of pyridine rings is 1. The Labute approximate surface area is 183 Å². The molecule has 1 aliphatic rings. The molecule has 10 heteroatoms. The molecule has 31 heavy (non-hydrogen) atoms. The Hall–Kier alpha value is -2.20. The van der Waals surface area contributed by atoms with Crippen LogP contribution in [-0.2, 0) is 6.18 Å². The van der Waals surface area contributed by atoms with Crippen LogP contribution in [0, 0.1) is 12.8 Å². The molecule has 0 spiro atoms. The van der Waals surface area contributed by atoms with Crippen molar-refractivity contribution in [1.82, 2.24) is 15.3 Å². The topological polar surface area (TPSA) is 87.1 Å². The summed E-state index contributed by atoms with van der Waals surface area (Å²) >= 11 is 0.874. The molecule has 170 valence electrons. The smallest absolute Gasteiger partial charge is 0.389 e. The Bertz CT molecular complexity index is 949. The SMILES string of the molecule is Cc1nc(C(=O)NCC(C)(C)O)sc1-c1cnc(NC(C)C2CCC2)cc1C(F)(F)F. The van der Waals surface area contributed by atoms with Crippen LogP contribution in [0.5, 0.6) is 0 Å². The highest BCUT2D eigenvalue weighted by atomic mass is 32.1. The van der Waals surface area contributed by atoms with Crippen LogP contribution >= 0.6 is 11.3 Å². The van der Waals surface area contributed by atoms with E-state index in [2.05, 4.69) is 20.6 Å². The van der Waals surface area contributed by atoms with Crippen LogP contribution in [0.3, 0.4) is 0 Å². The Morgan fingerprint density at radius 3 is 2.58 bits per heavy atom. The first kappa shape index (κ1) is 23.5. The maximum atomic E-state index is 13.9. The van der Waals surface area contributed by atoms with Crippen LogP contribution in [0.1, 0.15) is 61.1 Å². The lowest BCUT2D eigenvalue weighted by molar-refractivity contribution is -0.137. The van der Waals surface area contributed by atoms with E-state index in [1.165, 1.54) is 20.0 Å². The van der Waals surface area contributed by atoms with Crippen molar-refractivity contribution in [2.75, 3.05) is 11.9 Å². The highest BCUT2D eigenvalue weighted by Gasteiger charge is 2.36. The normalized spacial score (nSPS) is 16.0. The number of thiazole rings is 1. The lowest BCUT2D eigenvalue weighted by Crippen LogP contribution is -2.38. The van der Waals surface area contributed by atoms with E-state index in [9.17, 15) is 23.1 Å². The third-order valence-electron chi connectivity index (χ3n) is 5.36.